The summed E-state index contributed by atoms with van der Waals surface area (Å²) < 4.78 is 5.28. The molecule has 2 amide bonds. The molecule has 1 saturated heterocycles. The summed E-state index contributed by atoms with van der Waals surface area (Å²) in [6, 6.07) is 12.5. The van der Waals surface area contributed by atoms with Crippen molar-refractivity contribution < 1.29 is 14.3 Å². The minimum atomic E-state index is -0.626. The van der Waals surface area contributed by atoms with Gasteiger partial charge in [-0.1, -0.05) is 31.2 Å². The smallest absolute Gasteiger partial charge is 0.410 e. The van der Waals surface area contributed by atoms with E-state index < -0.39 is 11.7 Å². The first kappa shape index (κ1) is 32.7. The highest BCUT2D eigenvalue weighted by molar-refractivity contribution is 7.98. The number of carbonyl (C=O) groups is 2. The number of pyridine rings is 1. The van der Waals surface area contributed by atoms with Crippen molar-refractivity contribution >= 4 is 29.6 Å². The highest BCUT2D eigenvalue weighted by Gasteiger charge is 2.24. The van der Waals surface area contributed by atoms with Crippen LogP contribution < -0.4 is 10.2 Å². The fourth-order valence-electron chi connectivity index (χ4n) is 4.56. The van der Waals surface area contributed by atoms with Crippen LogP contribution in [-0.4, -0.2) is 79.2 Å². The number of hydrogen-bond acceptors (Lipinski definition) is 9. The van der Waals surface area contributed by atoms with Gasteiger partial charge in [0.25, 0.3) is 0 Å². The van der Waals surface area contributed by atoms with Gasteiger partial charge in [-0.05, 0) is 63.9 Å². The summed E-state index contributed by atoms with van der Waals surface area (Å²) in [6.07, 6.45) is 1.02. The number of ether oxygens (including phenoxy) is 1. The number of nitrogens with one attached hydrogen (secondary N) is 1. The molecule has 1 aromatic carbocycles. The van der Waals surface area contributed by atoms with Crippen LogP contribution in [0.15, 0.2) is 29.3 Å². The number of amides is 2. The van der Waals surface area contributed by atoms with E-state index in [1.165, 1.54) is 23.7 Å². The molecule has 42 heavy (non-hydrogen) atoms. The van der Waals surface area contributed by atoms with Gasteiger partial charge < -0.3 is 24.8 Å². The van der Waals surface area contributed by atoms with Crippen LogP contribution >= 0.6 is 11.8 Å². The molecule has 2 heterocycles. The van der Waals surface area contributed by atoms with Gasteiger partial charge in [-0.25, -0.2) is 9.78 Å². The molecule has 0 atom stereocenters. The van der Waals surface area contributed by atoms with Crippen molar-refractivity contribution in [1.29, 1.82) is 10.5 Å². The van der Waals surface area contributed by atoms with E-state index in [0.717, 1.165) is 49.3 Å². The molecule has 1 aliphatic rings. The summed E-state index contributed by atoms with van der Waals surface area (Å²) in [5.41, 5.74) is 3.09. The maximum absolute atomic E-state index is 12.3. The fraction of sp³-hybridized carbons (Fsp3) is 0.516. The monoisotopic (exact) mass is 591 g/mol. The lowest BCUT2D eigenvalue weighted by Crippen LogP contribution is -2.40. The van der Waals surface area contributed by atoms with E-state index in [-0.39, 0.29) is 12.5 Å². The zero-order valence-electron chi connectivity index (χ0n) is 25.5. The van der Waals surface area contributed by atoms with Crippen LogP contribution in [0.1, 0.15) is 61.9 Å². The zero-order chi connectivity index (χ0) is 30.9. The second kappa shape index (κ2) is 14.9. The second-order valence-electron chi connectivity index (χ2n) is 11.4. The molecule has 3 rings (SSSR count). The van der Waals surface area contributed by atoms with Crippen LogP contribution in [-0.2, 0) is 28.2 Å². The van der Waals surface area contributed by atoms with Gasteiger partial charge in [0, 0.05) is 39.0 Å². The average molecular weight is 592 g/mol. The Labute approximate surface area is 253 Å². The number of aromatic nitrogens is 1. The first-order valence-electron chi connectivity index (χ1n) is 14.2. The van der Waals surface area contributed by atoms with E-state index in [1.54, 1.807) is 20.8 Å². The fourth-order valence-corrected chi connectivity index (χ4v) is 5.52. The standard InChI is InChI=1S/C31H41N7O3S/c1-7-24-25(17-32)28(38-14-8-13-36(5)15-16-38)35-29(26(24)18-33)42-21-23-11-9-22(10-12-23)19-34-27(39)20-37(6)30(40)41-31(2,3)4/h9-12H,7-8,13-16,19-21H2,1-6H3,(H,34,39). The van der Waals surface area contributed by atoms with Crippen LogP contribution in [0.5, 0.6) is 0 Å². The largest absolute Gasteiger partial charge is 0.444 e. The predicted octanol–water partition coefficient (Wildman–Crippen LogP) is 4.30. The Bertz CT molecular complexity index is 1340. The number of anilines is 1. The summed E-state index contributed by atoms with van der Waals surface area (Å²) in [5.74, 6) is 0.999. The van der Waals surface area contributed by atoms with E-state index in [1.807, 2.05) is 31.2 Å². The van der Waals surface area contributed by atoms with Crippen molar-refractivity contribution in [1.82, 2.24) is 20.1 Å². The lowest BCUT2D eigenvalue weighted by Gasteiger charge is -2.25. The van der Waals surface area contributed by atoms with E-state index >= 15 is 0 Å². The Morgan fingerprint density at radius 2 is 1.74 bits per heavy atom. The summed E-state index contributed by atoms with van der Waals surface area (Å²) in [5, 5.41) is 23.5. The molecule has 1 aromatic heterocycles. The van der Waals surface area contributed by atoms with Gasteiger partial charge in [-0.2, -0.15) is 10.5 Å². The minimum absolute atomic E-state index is 0.0989. The topological polar surface area (TPSA) is 126 Å². The summed E-state index contributed by atoms with van der Waals surface area (Å²) in [6.45, 7) is 11.0. The molecule has 0 radical (unpaired) electrons. The first-order valence-corrected chi connectivity index (χ1v) is 15.2. The lowest BCUT2D eigenvalue weighted by molar-refractivity contribution is -0.122. The number of nitrogens with zero attached hydrogens (tertiary/aromatic N) is 6. The molecule has 0 aliphatic carbocycles. The molecule has 0 unspecified atom stereocenters. The molecule has 1 fully saturated rings. The third-order valence-electron chi connectivity index (χ3n) is 6.82. The van der Waals surface area contributed by atoms with Crippen molar-refractivity contribution in [3.8, 4) is 12.1 Å². The third kappa shape index (κ3) is 9.10. The van der Waals surface area contributed by atoms with Crippen molar-refractivity contribution in [3.05, 3.63) is 52.1 Å². The van der Waals surface area contributed by atoms with Crippen LogP contribution in [0.25, 0.3) is 0 Å². The summed E-state index contributed by atoms with van der Waals surface area (Å²) in [7, 11) is 3.63. The molecule has 10 nitrogen and oxygen atoms in total. The molecule has 0 saturated carbocycles. The maximum Gasteiger partial charge on any atom is 0.410 e. The SMILES string of the molecule is CCc1c(C#N)c(SCc2ccc(CNC(=O)CN(C)C(=O)OC(C)(C)C)cc2)nc(N2CCCN(C)CC2)c1C#N. The van der Waals surface area contributed by atoms with E-state index in [0.29, 0.717) is 40.7 Å². The van der Waals surface area contributed by atoms with Crippen molar-refractivity contribution in [2.24, 2.45) is 0 Å². The molecule has 224 valence electrons. The molecule has 1 aliphatic heterocycles. The number of thioether (sulfide) groups is 1. The summed E-state index contributed by atoms with van der Waals surface area (Å²) >= 11 is 1.50. The Morgan fingerprint density at radius 1 is 1.07 bits per heavy atom. The van der Waals surface area contributed by atoms with Gasteiger partial charge in [0.2, 0.25) is 5.91 Å². The molecule has 2 aromatic rings. The van der Waals surface area contributed by atoms with Crippen molar-refractivity contribution in [2.45, 2.75) is 63.5 Å². The molecular weight excluding hydrogens is 550 g/mol. The second-order valence-corrected chi connectivity index (χ2v) is 12.4. The van der Waals surface area contributed by atoms with Gasteiger partial charge >= 0.3 is 6.09 Å². The van der Waals surface area contributed by atoms with Crippen LogP contribution in [0, 0.1) is 22.7 Å². The van der Waals surface area contributed by atoms with Gasteiger partial charge in [0.15, 0.2) is 0 Å². The van der Waals surface area contributed by atoms with Gasteiger partial charge in [0.05, 0.1) is 11.1 Å². The molecule has 0 bridgehead atoms. The lowest BCUT2D eigenvalue weighted by atomic mass is 10.0. The van der Waals surface area contributed by atoms with E-state index in [4.69, 9.17) is 9.72 Å². The zero-order valence-corrected chi connectivity index (χ0v) is 26.3. The summed E-state index contributed by atoms with van der Waals surface area (Å²) in [4.78, 5) is 35.0. The average Bonchev–Trinajstić information content (AvgIpc) is 3.17. The molecular formula is C31H41N7O3S. The number of nitriles is 2. The minimum Gasteiger partial charge on any atom is -0.444 e. The van der Waals surface area contributed by atoms with E-state index in [2.05, 4.69) is 34.3 Å². The van der Waals surface area contributed by atoms with Crippen LogP contribution in [0.2, 0.25) is 0 Å². The number of benzene rings is 1. The number of rotatable bonds is 9. The van der Waals surface area contributed by atoms with Gasteiger partial charge in [-0.3, -0.25) is 4.79 Å². The Hall–Kier alpha value is -3.80. The first-order chi connectivity index (χ1) is 19.9. The molecule has 11 heteroatoms. The quantitative estimate of drug-likeness (QED) is 0.425. The Kier molecular flexibility index (Phi) is 11.6. The highest BCUT2D eigenvalue weighted by Crippen LogP contribution is 2.33. The predicted molar refractivity (Wildman–Crippen MR) is 164 cm³/mol. The number of hydrogen-bond donors (Lipinski definition) is 1. The Morgan fingerprint density at radius 3 is 2.36 bits per heavy atom. The number of likely N-dealkylation sites (N-methyl/N-ethyl adjacent to an activating group) is 2. The Balaban J connectivity index is 1.66. The van der Waals surface area contributed by atoms with E-state index in [9.17, 15) is 20.1 Å². The van der Waals surface area contributed by atoms with Crippen molar-refractivity contribution in [3.63, 3.8) is 0 Å². The maximum atomic E-state index is 12.3. The van der Waals surface area contributed by atoms with Gasteiger partial charge in [0.1, 0.15) is 35.1 Å². The van der Waals surface area contributed by atoms with Gasteiger partial charge in [-0.15, -0.1) is 11.8 Å². The normalized spacial score (nSPS) is 14.0. The van der Waals surface area contributed by atoms with Crippen LogP contribution in [0.3, 0.4) is 0 Å². The van der Waals surface area contributed by atoms with Crippen molar-refractivity contribution in [2.75, 3.05) is 51.7 Å². The number of carbonyl (C=O) groups excluding carboxylic acids is 2. The highest BCUT2D eigenvalue weighted by atomic mass is 32.2. The third-order valence-corrected chi connectivity index (χ3v) is 7.87. The van der Waals surface area contributed by atoms with Crippen LogP contribution in [0.4, 0.5) is 10.6 Å². The molecule has 1 N–H and O–H groups in total. The molecule has 0 spiro atoms.